The Morgan fingerprint density at radius 3 is 2.85 bits per heavy atom. The van der Waals surface area contributed by atoms with Crippen molar-refractivity contribution in [3.05, 3.63) is 24.1 Å². The second-order valence-corrected chi connectivity index (χ2v) is 5.65. The molecule has 0 saturated heterocycles. The Kier molecular flexibility index (Phi) is 3.22. The third-order valence-electron chi connectivity index (χ3n) is 3.80. The fraction of sp³-hybridized carbons (Fsp3) is 0.467. The minimum absolute atomic E-state index is 0.0821. The molecule has 1 aromatic heterocycles. The van der Waals surface area contributed by atoms with E-state index in [1.54, 1.807) is 0 Å². The maximum Gasteiger partial charge on any atom is 0.228 e. The summed E-state index contributed by atoms with van der Waals surface area (Å²) in [6.07, 6.45) is 2.31. The molecule has 1 amide bonds. The van der Waals surface area contributed by atoms with Gasteiger partial charge in [0.25, 0.3) is 0 Å². The van der Waals surface area contributed by atoms with Crippen LogP contribution in [0.1, 0.15) is 38.5 Å². The molecule has 2 atom stereocenters. The first kappa shape index (κ1) is 13.1. The molecule has 0 radical (unpaired) electrons. The fourth-order valence-corrected chi connectivity index (χ4v) is 2.02. The lowest BCUT2D eigenvalue weighted by Gasteiger charge is -2.15. The molecule has 1 aliphatic rings. The molecule has 2 aromatic rings. The van der Waals surface area contributed by atoms with Crippen molar-refractivity contribution in [2.75, 3.05) is 5.32 Å². The van der Waals surface area contributed by atoms with Gasteiger partial charge in [-0.1, -0.05) is 6.92 Å². The lowest BCUT2D eigenvalue weighted by atomic mass is 10.0. The Balaban J connectivity index is 1.80. The molecule has 1 aromatic carbocycles. The number of nitrogens with one attached hydrogen (secondary N) is 1. The van der Waals surface area contributed by atoms with E-state index in [2.05, 4.69) is 10.3 Å². The molecule has 0 spiro atoms. The largest absolute Gasteiger partial charge is 0.440 e. The Bertz CT molecular complexity index is 644. The summed E-state index contributed by atoms with van der Waals surface area (Å²) in [7, 11) is 0. The zero-order chi connectivity index (χ0) is 14.3. The normalized spacial score (nSPS) is 17.9. The van der Waals surface area contributed by atoms with Crippen molar-refractivity contribution < 1.29 is 9.21 Å². The molecular formula is C15H19N3O2. The van der Waals surface area contributed by atoms with Crippen LogP contribution in [0, 0.1) is 5.92 Å². The van der Waals surface area contributed by atoms with Crippen molar-refractivity contribution in [2.45, 2.75) is 38.6 Å². The minimum atomic E-state index is -0.234. The summed E-state index contributed by atoms with van der Waals surface area (Å²) in [6.45, 7) is 3.64. The molecule has 0 bridgehead atoms. The van der Waals surface area contributed by atoms with Crippen LogP contribution in [-0.4, -0.2) is 16.9 Å². The summed E-state index contributed by atoms with van der Waals surface area (Å²) in [5.41, 5.74) is 8.01. The minimum Gasteiger partial charge on any atom is -0.440 e. The number of nitrogens with two attached hydrogens (primary N) is 1. The van der Waals surface area contributed by atoms with E-state index in [1.807, 2.05) is 32.0 Å². The topological polar surface area (TPSA) is 81.2 Å². The van der Waals surface area contributed by atoms with Crippen molar-refractivity contribution in [1.29, 1.82) is 0 Å². The number of fused-ring (bicyclic) bond motifs is 1. The van der Waals surface area contributed by atoms with Gasteiger partial charge in [-0.3, -0.25) is 4.79 Å². The van der Waals surface area contributed by atoms with E-state index in [4.69, 9.17) is 10.2 Å². The van der Waals surface area contributed by atoms with Crippen LogP contribution in [0.5, 0.6) is 0 Å². The molecule has 106 valence electrons. The molecule has 0 aliphatic heterocycles. The van der Waals surface area contributed by atoms with E-state index in [-0.39, 0.29) is 17.9 Å². The Labute approximate surface area is 117 Å². The van der Waals surface area contributed by atoms with Crippen molar-refractivity contribution in [3.8, 4) is 0 Å². The molecule has 3 N–H and O–H groups in total. The van der Waals surface area contributed by atoms with E-state index in [0.717, 1.165) is 29.8 Å². The van der Waals surface area contributed by atoms with Crippen molar-refractivity contribution in [2.24, 2.45) is 11.7 Å². The molecule has 1 saturated carbocycles. The number of aromatic nitrogens is 1. The number of carbonyl (C=O) groups is 1. The van der Waals surface area contributed by atoms with Gasteiger partial charge in [-0.2, -0.15) is 0 Å². The predicted molar refractivity (Wildman–Crippen MR) is 77.4 cm³/mol. The van der Waals surface area contributed by atoms with Crippen molar-refractivity contribution >= 4 is 22.7 Å². The highest BCUT2D eigenvalue weighted by Gasteiger charge is 2.29. The SMILES string of the molecule is CC(N)C(C)C(=O)Nc1ccc2nc(C3CC3)oc2c1. The number of anilines is 1. The number of carbonyl (C=O) groups excluding carboxylic acids is 1. The summed E-state index contributed by atoms with van der Waals surface area (Å²) < 4.78 is 5.74. The fourth-order valence-electron chi connectivity index (χ4n) is 2.02. The first-order chi connectivity index (χ1) is 9.54. The van der Waals surface area contributed by atoms with Gasteiger partial charge in [-0.25, -0.2) is 4.98 Å². The number of hydrogen-bond donors (Lipinski definition) is 2. The zero-order valence-corrected chi connectivity index (χ0v) is 11.7. The van der Waals surface area contributed by atoms with Gasteiger partial charge in [0.15, 0.2) is 11.5 Å². The first-order valence-electron chi connectivity index (χ1n) is 7.01. The van der Waals surface area contributed by atoms with Crippen LogP contribution in [0.15, 0.2) is 22.6 Å². The van der Waals surface area contributed by atoms with Gasteiger partial charge in [0.1, 0.15) is 5.52 Å². The van der Waals surface area contributed by atoms with E-state index < -0.39 is 0 Å². The average molecular weight is 273 g/mol. The standard InChI is InChI=1S/C15H19N3O2/c1-8(9(2)16)14(19)17-11-5-6-12-13(7-11)20-15(18-12)10-3-4-10/h5-10H,3-4,16H2,1-2H3,(H,17,19). The van der Waals surface area contributed by atoms with Gasteiger partial charge >= 0.3 is 0 Å². The number of benzene rings is 1. The quantitative estimate of drug-likeness (QED) is 0.897. The first-order valence-corrected chi connectivity index (χ1v) is 7.01. The lowest BCUT2D eigenvalue weighted by Crippen LogP contribution is -2.34. The maximum atomic E-state index is 12.0. The Morgan fingerprint density at radius 1 is 1.45 bits per heavy atom. The predicted octanol–water partition coefficient (Wildman–Crippen LogP) is 2.63. The number of rotatable bonds is 4. The second kappa shape index (κ2) is 4.90. The van der Waals surface area contributed by atoms with Gasteiger partial charge in [-0.05, 0) is 31.9 Å². The summed E-state index contributed by atoms with van der Waals surface area (Å²) in [4.78, 5) is 16.4. The summed E-state index contributed by atoms with van der Waals surface area (Å²) in [5.74, 6) is 0.981. The lowest BCUT2D eigenvalue weighted by molar-refractivity contribution is -0.119. The molecule has 20 heavy (non-hydrogen) atoms. The third kappa shape index (κ3) is 2.54. The molecular weight excluding hydrogens is 254 g/mol. The maximum absolute atomic E-state index is 12.0. The summed E-state index contributed by atoms with van der Waals surface area (Å²) >= 11 is 0. The number of nitrogens with zero attached hydrogens (tertiary/aromatic N) is 1. The number of hydrogen-bond acceptors (Lipinski definition) is 4. The second-order valence-electron chi connectivity index (χ2n) is 5.65. The molecule has 3 rings (SSSR count). The number of amides is 1. The van der Waals surface area contributed by atoms with E-state index >= 15 is 0 Å². The summed E-state index contributed by atoms with van der Waals surface area (Å²) in [5, 5.41) is 2.86. The molecule has 2 unspecified atom stereocenters. The van der Waals surface area contributed by atoms with Crippen LogP contribution in [0.3, 0.4) is 0 Å². The van der Waals surface area contributed by atoms with Gasteiger partial charge in [0.05, 0.1) is 5.92 Å². The van der Waals surface area contributed by atoms with Crippen LogP contribution in [0.4, 0.5) is 5.69 Å². The molecule has 5 nitrogen and oxygen atoms in total. The van der Waals surface area contributed by atoms with Crippen LogP contribution in [0.25, 0.3) is 11.1 Å². The van der Waals surface area contributed by atoms with Crippen molar-refractivity contribution in [3.63, 3.8) is 0 Å². The van der Waals surface area contributed by atoms with Crippen LogP contribution >= 0.6 is 0 Å². The smallest absolute Gasteiger partial charge is 0.228 e. The van der Waals surface area contributed by atoms with E-state index in [0.29, 0.717) is 11.6 Å². The molecule has 1 fully saturated rings. The van der Waals surface area contributed by atoms with Gasteiger partial charge < -0.3 is 15.5 Å². The molecule has 5 heteroatoms. The summed E-state index contributed by atoms with van der Waals surface area (Å²) in [6, 6.07) is 5.36. The van der Waals surface area contributed by atoms with Crippen LogP contribution in [-0.2, 0) is 4.79 Å². The Morgan fingerprint density at radius 2 is 2.20 bits per heavy atom. The third-order valence-corrected chi connectivity index (χ3v) is 3.80. The van der Waals surface area contributed by atoms with Gasteiger partial charge in [0, 0.05) is 23.7 Å². The highest BCUT2D eigenvalue weighted by molar-refractivity contribution is 5.94. The van der Waals surface area contributed by atoms with Crippen LogP contribution < -0.4 is 11.1 Å². The van der Waals surface area contributed by atoms with Crippen LogP contribution in [0.2, 0.25) is 0 Å². The van der Waals surface area contributed by atoms with Gasteiger partial charge in [0.2, 0.25) is 5.91 Å². The van der Waals surface area contributed by atoms with E-state index in [9.17, 15) is 4.79 Å². The monoisotopic (exact) mass is 273 g/mol. The van der Waals surface area contributed by atoms with Gasteiger partial charge in [-0.15, -0.1) is 0 Å². The Hall–Kier alpha value is -1.88. The number of oxazole rings is 1. The van der Waals surface area contributed by atoms with E-state index in [1.165, 1.54) is 0 Å². The molecule has 1 heterocycles. The van der Waals surface area contributed by atoms with Crippen molar-refractivity contribution in [1.82, 2.24) is 4.98 Å². The highest BCUT2D eigenvalue weighted by Crippen LogP contribution is 2.40. The molecule has 1 aliphatic carbocycles. The zero-order valence-electron chi connectivity index (χ0n) is 11.7. The average Bonchev–Trinajstić information content (AvgIpc) is 3.17. The highest BCUT2D eigenvalue weighted by atomic mass is 16.3.